The number of alkyl carbamates (subject to hydrolysis) is 2. The van der Waals surface area contributed by atoms with E-state index in [0.717, 1.165) is 77.0 Å². The molecule has 1 heterocycles. The second-order valence-corrected chi connectivity index (χ2v) is 18.8. The molecule has 0 aromatic carbocycles. The summed E-state index contributed by atoms with van der Waals surface area (Å²) in [5.74, 6) is 23.2. The second kappa shape index (κ2) is 35.5. The SMILES string of the molecule is NCCOCCOCCOCCN.O=C(NCCOCCOCCOCCNC(=O)OCC1[C@H]2CCC#CCC[C@@H]12)OCC1[C@H]2CCC#CCC[C@@H]12.O=C(OCC1[C@H]2CCC#CCC[C@@H]12)ON1C(=O)CCC1=O. The van der Waals surface area contributed by atoms with Crippen LogP contribution in [0, 0.1) is 88.8 Å². The van der Waals surface area contributed by atoms with Crippen LogP contribution in [0.15, 0.2) is 0 Å². The fraction of sp³-hybridized carbons (Fsp3) is 0.792. The van der Waals surface area contributed by atoms with Crippen molar-refractivity contribution in [2.24, 2.45) is 64.7 Å². The highest BCUT2D eigenvalue weighted by Crippen LogP contribution is 2.54. The van der Waals surface area contributed by atoms with Gasteiger partial charge in [0.05, 0.1) is 99.1 Å². The van der Waals surface area contributed by atoms with Gasteiger partial charge in [-0.15, -0.1) is 35.5 Å². The lowest BCUT2D eigenvalue weighted by Crippen LogP contribution is -2.32. The summed E-state index contributed by atoms with van der Waals surface area (Å²) < 4.78 is 47.6. The lowest BCUT2D eigenvalue weighted by molar-refractivity contribution is -0.177. The molecular formula is C53H81N5O15. The lowest BCUT2D eigenvalue weighted by atomic mass is 10.1. The van der Waals surface area contributed by atoms with Crippen molar-refractivity contribution < 1.29 is 71.4 Å². The van der Waals surface area contributed by atoms with Crippen LogP contribution in [0.4, 0.5) is 14.4 Å². The van der Waals surface area contributed by atoms with E-state index in [1.165, 1.54) is 0 Å². The highest BCUT2D eigenvalue weighted by atomic mass is 16.8. The number of amides is 4. The molecule has 0 aromatic heterocycles. The van der Waals surface area contributed by atoms with Crippen LogP contribution in [0.5, 0.6) is 0 Å². The molecule has 20 heteroatoms. The summed E-state index contributed by atoms with van der Waals surface area (Å²) in [6.45, 7) is 9.30. The first-order chi connectivity index (χ1) is 35.8. The Balaban J connectivity index is 0.000000241. The van der Waals surface area contributed by atoms with E-state index < -0.39 is 18.0 Å². The Labute approximate surface area is 431 Å². The van der Waals surface area contributed by atoms with Crippen molar-refractivity contribution in [3.05, 3.63) is 0 Å². The van der Waals surface area contributed by atoms with Crippen LogP contribution in [-0.4, -0.2) is 161 Å². The third kappa shape index (κ3) is 23.6. The summed E-state index contributed by atoms with van der Waals surface area (Å²) in [7, 11) is 0. The number of hydrogen-bond donors (Lipinski definition) is 4. The molecule has 7 rings (SSSR count). The molecule has 4 amide bonds. The van der Waals surface area contributed by atoms with Crippen LogP contribution >= 0.6 is 0 Å². The first-order valence-corrected chi connectivity index (χ1v) is 26.6. The van der Waals surface area contributed by atoms with Gasteiger partial charge in [-0.1, -0.05) is 5.06 Å². The zero-order chi connectivity index (χ0) is 51.7. The van der Waals surface area contributed by atoms with Crippen LogP contribution in [0.2, 0.25) is 0 Å². The number of nitrogens with zero attached hydrogens (tertiary/aromatic N) is 1. The Morgan fingerprint density at radius 1 is 0.438 bits per heavy atom. The quantitative estimate of drug-likeness (QED) is 0.0272. The summed E-state index contributed by atoms with van der Waals surface area (Å²) in [5, 5.41) is 5.96. The van der Waals surface area contributed by atoms with Gasteiger partial charge in [0, 0.05) is 77.5 Å². The van der Waals surface area contributed by atoms with Gasteiger partial charge in [-0.05, 0) is 91.8 Å². The molecule has 3 saturated carbocycles. The van der Waals surface area contributed by atoms with Crippen molar-refractivity contribution in [2.45, 2.75) is 89.9 Å². The van der Waals surface area contributed by atoms with E-state index in [-0.39, 0.29) is 31.6 Å². The van der Waals surface area contributed by atoms with Crippen molar-refractivity contribution in [2.75, 3.05) is 125 Å². The molecule has 408 valence electrons. The van der Waals surface area contributed by atoms with Gasteiger partial charge in [0.25, 0.3) is 11.8 Å². The number of ether oxygens (including phenoxy) is 9. The Hall–Kier alpha value is -4.69. The lowest BCUT2D eigenvalue weighted by Gasteiger charge is -2.12. The third-order valence-corrected chi connectivity index (χ3v) is 13.9. The average molecular weight is 1030 g/mol. The summed E-state index contributed by atoms with van der Waals surface area (Å²) in [6.07, 6.45) is 10.7. The number of fused-ring (bicyclic) bond motifs is 3. The predicted molar refractivity (Wildman–Crippen MR) is 265 cm³/mol. The monoisotopic (exact) mass is 1030 g/mol. The van der Waals surface area contributed by atoms with Gasteiger partial charge in [-0.2, -0.15) is 0 Å². The summed E-state index contributed by atoms with van der Waals surface area (Å²) in [4.78, 5) is 62.6. The topological polar surface area (TPSA) is 257 Å². The van der Waals surface area contributed by atoms with Crippen LogP contribution in [0.1, 0.15) is 89.9 Å². The third-order valence-electron chi connectivity index (χ3n) is 13.9. The Bertz CT molecular complexity index is 1720. The number of nitrogens with one attached hydrogen (secondary N) is 2. The minimum atomic E-state index is -0.978. The normalized spacial score (nSPS) is 25.8. The number of imide groups is 1. The zero-order valence-electron chi connectivity index (χ0n) is 42.8. The van der Waals surface area contributed by atoms with Gasteiger partial charge < -0.3 is 64.7 Å². The van der Waals surface area contributed by atoms with Gasteiger partial charge in [-0.3, -0.25) is 14.4 Å². The van der Waals surface area contributed by atoms with Crippen molar-refractivity contribution in [3.63, 3.8) is 0 Å². The molecule has 4 fully saturated rings. The molecule has 0 radical (unpaired) electrons. The number of hydroxylamine groups is 2. The first kappa shape index (κ1) is 59.2. The predicted octanol–water partition coefficient (Wildman–Crippen LogP) is 3.96. The first-order valence-electron chi connectivity index (χ1n) is 26.6. The van der Waals surface area contributed by atoms with E-state index in [4.69, 9.17) is 54.1 Å². The van der Waals surface area contributed by atoms with Crippen LogP contribution in [0.3, 0.4) is 0 Å². The summed E-state index contributed by atoms with van der Waals surface area (Å²) in [5.41, 5.74) is 10.5. The highest BCUT2D eigenvalue weighted by Gasteiger charge is 2.51. The van der Waals surface area contributed by atoms with Crippen molar-refractivity contribution in [3.8, 4) is 35.5 Å². The van der Waals surface area contributed by atoms with E-state index in [2.05, 4.69) is 51.0 Å². The number of carbonyl (C=O) groups is 5. The Kier molecular flexibility index (Phi) is 28.8. The smallest absolute Gasteiger partial charge is 0.449 e. The number of carbonyl (C=O) groups excluding carboxylic acids is 5. The molecule has 7 aliphatic rings. The molecule has 6 N–H and O–H groups in total. The molecule has 73 heavy (non-hydrogen) atoms. The standard InChI is InChI=1S/C30H44N2O7.C15H17NO5.C8H20N2O3/c33-29(38-21-27-23-9-5-1-2-6-10-24(23)27)31-13-15-35-17-19-37-20-18-36-16-14-32-30(34)39-22-28-25-11-7-3-4-8-12-26(25)28;17-13-7-8-14(18)16(13)21-15(19)20-9-12-10-5-3-1-2-4-6-11(10)12;9-1-3-11-5-7-13-8-6-12-4-2-10/h23-28H,5-22H2,(H,31,33)(H,32,34);10-12H,3-9H2;1-10H2/t23-,24+,25-,26+,27?,28?;10-,11+,12?;. The summed E-state index contributed by atoms with van der Waals surface area (Å²) >= 11 is 0. The number of nitrogens with two attached hydrogens (primary N) is 2. The average Bonchev–Trinajstić information content (AvgIpc) is 4.31. The van der Waals surface area contributed by atoms with Crippen LogP contribution in [0.25, 0.3) is 0 Å². The highest BCUT2D eigenvalue weighted by molar-refractivity contribution is 6.01. The Morgan fingerprint density at radius 3 is 1.04 bits per heavy atom. The molecule has 0 bridgehead atoms. The fourth-order valence-electron chi connectivity index (χ4n) is 9.92. The van der Waals surface area contributed by atoms with Crippen molar-refractivity contribution >= 4 is 30.2 Å². The fourth-order valence-corrected chi connectivity index (χ4v) is 9.92. The number of hydrogen-bond acceptors (Lipinski definition) is 17. The van der Waals surface area contributed by atoms with Crippen LogP contribution in [-0.2, 0) is 57.1 Å². The van der Waals surface area contributed by atoms with Gasteiger partial charge in [0.1, 0.15) is 0 Å². The van der Waals surface area contributed by atoms with Crippen LogP contribution < -0.4 is 22.1 Å². The van der Waals surface area contributed by atoms with Gasteiger partial charge in [0.2, 0.25) is 0 Å². The van der Waals surface area contributed by atoms with E-state index in [0.29, 0.717) is 177 Å². The van der Waals surface area contributed by atoms with E-state index >= 15 is 0 Å². The molecular weight excluding hydrogens is 947 g/mol. The largest absolute Gasteiger partial charge is 0.533 e. The molecule has 0 aromatic rings. The van der Waals surface area contributed by atoms with Crippen molar-refractivity contribution in [1.82, 2.24) is 15.7 Å². The van der Waals surface area contributed by atoms with E-state index in [1.807, 2.05) is 0 Å². The minimum Gasteiger partial charge on any atom is -0.449 e. The van der Waals surface area contributed by atoms with Crippen molar-refractivity contribution in [1.29, 1.82) is 0 Å². The number of rotatable bonds is 29. The zero-order valence-corrected chi connectivity index (χ0v) is 42.8. The van der Waals surface area contributed by atoms with Gasteiger partial charge in [-0.25, -0.2) is 14.4 Å². The summed E-state index contributed by atoms with van der Waals surface area (Å²) in [6, 6.07) is 0. The maximum absolute atomic E-state index is 11.9. The molecule has 3 unspecified atom stereocenters. The molecule has 9 atom stereocenters. The van der Waals surface area contributed by atoms with E-state index in [1.54, 1.807) is 0 Å². The molecule has 1 aliphatic heterocycles. The van der Waals surface area contributed by atoms with Gasteiger partial charge >= 0.3 is 18.3 Å². The minimum absolute atomic E-state index is 0.0822. The van der Waals surface area contributed by atoms with E-state index in [9.17, 15) is 24.0 Å². The molecule has 20 nitrogen and oxygen atoms in total. The maximum atomic E-state index is 11.9. The molecule has 6 aliphatic carbocycles. The Morgan fingerprint density at radius 2 is 0.726 bits per heavy atom. The molecule has 0 spiro atoms. The molecule has 1 saturated heterocycles. The second-order valence-electron chi connectivity index (χ2n) is 18.8. The maximum Gasteiger partial charge on any atom is 0.533 e. The van der Waals surface area contributed by atoms with Gasteiger partial charge in [0.15, 0.2) is 0 Å².